The zero-order chi connectivity index (χ0) is 10.3. The second-order valence-corrected chi connectivity index (χ2v) is 4.77. The third-order valence-electron chi connectivity index (χ3n) is 2.34. The highest BCUT2D eigenvalue weighted by Crippen LogP contribution is 2.37. The first-order chi connectivity index (χ1) is 6.48. The monoisotopic (exact) mass is 211 g/mol. The van der Waals surface area contributed by atoms with Crippen molar-refractivity contribution < 1.29 is 4.74 Å². The first-order valence-corrected chi connectivity index (χ1v) is 5.05. The van der Waals surface area contributed by atoms with Crippen molar-refractivity contribution in [2.24, 2.45) is 0 Å². The van der Waals surface area contributed by atoms with Crippen LogP contribution in [0, 0.1) is 0 Å². The van der Waals surface area contributed by atoms with Crippen LogP contribution in [0.25, 0.3) is 0 Å². The van der Waals surface area contributed by atoms with Gasteiger partial charge in [0.2, 0.25) is 0 Å². The topological polar surface area (TPSA) is 12.5 Å². The zero-order valence-electron chi connectivity index (χ0n) is 8.67. The number of likely N-dealkylation sites (N-methyl/N-ethyl adjacent to an activating group) is 1. The van der Waals surface area contributed by atoms with Gasteiger partial charge in [0, 0.05) is 18.1 Å². The van der Waals surface area contributed by atoms with Crippen molar-refractivity contribution >= 4 is 17.3 Å². The van der Waals surface area contributed by atoms with Gasteiger partial charge in [-0.2, -0.15) is 0 Å². The Morgan fingerprint density at radius 2 is 2.14 bits per heavy atom. The number of ether oxygens (including phenoxy) is 1. The third kappa shape index (κ3) is 1.67. The second kappa shape index (κ2) is 3.06. The molecule has 0 saturated carbocycles. The highest BCUT2D eigenvalue weighted by Gasteiger charge is 2.29. The summed E-state index contributed by atoms with van der Waals surface area (Å²) in [6.07, 6.45) is 0. The SMILES string of the molecule is CN1CC(C)(C)Oc2cc(Cl)ccc21. The maximum atomic E-state index is 5.92. The minimum absolute atomic E-state index is 0.146. The van der Waals surface area contributed by atoms with Crippen LogP contribution in [-0.2, 0) is 0 Å². The van der Waals surface area contributed by atoms with E-state index in [1.807, 2.05) is 18.2 Å². The molecule has 1 aliphatic rings. The third-order valence-corrected chi connectivity index (χ3v) is 2.57. The molecule has 0 unspecified atom stereocenters. The molecule has 0 N–H and O–H groups in total. The summed E-state index contributed by atoms with van der Waals surface area (Å²) in [6.45, 7) is 5.04. The molecule has 0 spiro atoms. The highest BCUT2D eigenvalue weighted by molar-refractivity contribution is 6.30. The van der Waals surface area contributed by atoms with Gasteiger partial charge in [0.1, 0.15) is 11.4 Å². The van der Waals surface area contributed by atoms with Crippen LogP contribution in [0.5, 0.6) is 5.75 Å². The van der Waals surface area contributed by atoms with Gasteiger partial charge in [0.15, 0.2) is 0 Å². The Bertz CT molecular complexity index is 362. The van der Waals surface area contributed by atoms with Gasteiger partial charge in [0.25, 0.3) is 0 Å². The quantitative estimate of drug-likeness (QED) is 0.654. The average Bonchev–Trinajstić information content (AvgIpc) is 2.00. The van der Waals surface area contributed by atoms with E-state index in [0.717, 1.165) is 23.0 Å². The molecule has 1 aromatic carbocycles. The standard InChI is InChI=1S/C11H14ClNO/c1-11(2)7-13(3)9-5-4-8(12)6-10(9)14-11/h4-6H,7H2,1-3H3. The summed E-state index contributed by atoms with van der Waals surface area (Å²) in [5.41, 5.74) is 0.959. The molecule has 0 amide bonds. The van der Waals surface area contributed by atoms with E-state index in [2.05, 4.69) is 25.8 Å². The molecular formula is C11H14ClNO. The molecule has 2 nitrogen and oxygen atoms in total. The van der Waals surface area contributed by atoms with Gasteiger partial charge in [-0.3, -0.25) is 0 Å². The molecule has 1 aromatic rings. The van der Waals surface area contributed by atoms with Gasteiger partial charge in [-0.15, -0.1) is 0 Å². The fourth-order valence-electron chi connectivity index (χ4n) is 1.87. The first-order valence-electron chi connectivity index (χ1n) is 4.68. The summed E-state index contributed by atoms with van der Waals surface area (Å²) in [6, 6.07) is 5.75. The molecule has 0 aromatic heterocycles. The predicted molar refractivity (Wildman–Crippen MR) is 59.4 cm³/mol. The van der Waals surface area contributed by atoms with Crippen molar-refractivity contribution in [3.8, 4) is 5.75 Å². The Balaban J connectivity index is 2.46. The van der Waals surface area contributed by atoms with Crippen molar-refractivity contribution in [2.75, 3.05) is 18.5 Å². The number of anilines is 1. The maximum absolute atomic E-state index is 5.92. The summed E-state index contributed by atoms with van der Waals surface area (Å²) in [7, 11) is 2.07. The van der Waals surface area contributed by atoms with Gasteiger partial charge in [-0.1, -0.05) is 11.6 Å². The largest absolute Gasteiger partial charge is 0.484 e. The molecule has 0 radical (unpaired) electrons. The van der Waals surface area contributed by atoms with Gasteiger partial charge in [-0.25, -0.2) is 0 Å². The van der Waals surface area contributed by atoms with Crippen molar-refractivity contribution in [1.82, 2.24) is 0 Å². The Labute approximate surface area is 89.4 Å². The number of halogens is 1. The molecule has 0 bridgehead atoms. The Morgan fingerprint density at radius 3 is 2.86 bits per heavy atom. The van der Waals surface area contributed by atoms with Crippen LogP contribution in [0.4, 0.5) is 5.69 Å². The summed E-state index contributed by atoms with van der Waals surface area (Å²) < 4.78 is 5.84. The van der Waals surface area contributed by atoms with Crippen LogP contribution < -0.4 is 9.64 Å². The van der Waals surface area contributed by atoms with Gasteiger partial charge in [-0.05, 0) is 26.0 Å². The lowest BCUT2D eigenvalue weighted by Crippen LogP contribution is -2.45. The molecule has 0 fully saturated rings. The van der Waals surface area contributed by atoms with E-state index in [1.165, 1.54) is 0 Å². The predicted octanol–water partition coefficient (Wildman–Crippen LogP) is 2.95. The van der Waals surface area contributed by atoms with Crippen LogP contribution in [-0.4, -0.2) is 19.2 Å². The molecule has 3 heteroatoms. The number of benzene rings is 1. The van der Waals surface area contributed by atoms with E-state index in [4.69, 9.17) is 16.3 Å². The molecule has 76 valence electrons. The molecule has 0 atom stereocenters. The first kappa shape index (κ1) is 9.66. The second-order valence-electron chi connectivity index (χ2n) is 4.33. The van der Waals surface area contributed by atoms with E-state index >= 15 is 0 Å². The molecular weight excluding hydrogens is 198 g/mol. The average molecular weight is 212 g/mol. The maximum Gasteiger partial charge on any atom is 0.144 e. The van der Waals surface area contributed by atoms with Gasteiger partial charge < -0.3 is 9.64 Å². The molecule has 0 saturated heterocycles. The smallest absolute Gasteiger partial charge is 0.144 e. The lowest BCUT2D eigenvalue weighted by atomic mass is 10.1. The van der Waals surface area contributed by atoms with E-state index < -0.39 is 0 Å². The summed E-state index contributed by atoms with van der Waals surface area (Å²) >= 11 is 5.92. The number of fused-ring (bicyclic) bond motifs is 1. The van der Waals surface area contributed by atoms with E-state index in [0.29, 0.717) is 0 Å². The number of rotatable bonds is 0. The van der Waals surface area contributed by atoms with Crippen LogP contribution >= 0.6 is 11.6 Å². The molecule has 2 rings (SSSR count). The van der Waals surface area contributed by atoms with Crippen molar-refractivity contribution in [3.05, 3.63) is 23.2 Å². The zero-order valence-corrected chi connectivity index (χ0v) is 9.43. The van der Waals surface area contributed by atoms with Crippen LogP contribution in [0.3, 0.4) is 0 Å². The minimum Gasteiger partial charge on any atom is -0.484 e. The van der Waals surface area contributed by atoms with Crippen LogP contribution in [0.15, 0.2) is 18.2 Å². The van der Waals surface area contributed by atoms with E-state index in [-0.39, 0.29) is 5.60 Å². The van der Waals surface area contributed by atoms with Crippen molar-refractivity contribution in [1.29, 1.82) is 0 Å². The molecule has 1 heterocycles. The summed E-state index contributed by atoms with van der Waals surface area (Å²) in [5, 5.41) is 0.717. The lowest BCUT2D eigenvalue weighted by molar-refractivity contribution is 0.107. The molecule has 0 aliphatic carbocycles. The molecule has 14 heavy (non-hydrogen) atoms. The van der Waals surface area contributed by atoms with Crippen LogP contribution in [0.2, 0.25) is 5.02 Å². The summed E-state index contributed by atoms with van der Waals surface area (Å²) in [5.74, 6) is 0.872. The normalized spacial score (nSPS) is 18.7. The Morgan fingerprint density at radius 1 is 1.43 bits per heavy atom. The number of nitrogens with zero attached hydrogens (tertiary/aromatic N) is 1. The van der Waals surface area contributed by atoms with Crippen LogP contribution in [0.1, 0.15) is 13.8 Å². The van der Waals surface area contributed by atoms with E-state index in [1.54, 1.807) is 0 Å². The van der Waals surface area contributed by atoms with Gasteiger partial charge >= 0.3 is 0 Å². The summed E-state index contributed by atoms with van der Waals surface area (Å²) in [4.78, 5) is 2.19. The minimum atomic E-state index is -0.146. The number of hydrogen-bond acceptors (Lipinski definition) is 2. The van der Waals surface area contributed by atoms with Crippen molar-refractivity contribution in [3.63, 3.8) is 0 Å². The number of hydrogen-bond donors (Lipinski definition) is 0. The van der Waals surface area contributed by atoms with E-state index in [9.17, 15) is 0 Å². The molecule has 1 aliphatic heterocycles. The fourth-order valence-corrected chi connectivity index (χ4v) is 2.03. The van der Waals surface area contributed by atoms with Gasteiger partial charge in [0.05, 0.1) is 12.2 Å². The Kier molecular flexibility index (Phi) is 2.11. The Hall–Kier alpha value is -0.890. The highest BCUT2D eigenvalue weighted by atomic mass is 35.5. The van der Waals surface area contributed by atoms with Crippen molar-refractivity contribution in [2.45, 2.75) is 19.4 Å². The fraction of sp³-hybridized carbons (Fsp3) is 0.455. The lowest BCUT2D eigenvalue weighted by Gasteiger charge is -2.39.